The fraction of sp³-hybridized carbons (Fsp3) is 0.895. The van der Waals surface area contributed by atoms with E-state index in [4.69, 9.17) is 4.74 Å². The molecule has 0 radical (unpaired) electrons. The van der Waals surface area contributed by atoms with E-state index in [-0.39, 0.29) is 0 Å². The summed E-state index contributed by atoms with van der Waals surface area (Å²) >= 11 is 0. The lowest BCUT2D eigenvalue weighted by molar-refractivity contribution is 0.0668. The molecule has 0 bridgehead atoms. The van der Waals surface area contributed by atoms with Gasteiger partial charge in [0, 0.05) is 19.6 Å². The smallest absolute Gasteiger partial charge is 0.202 e. The number of morpholine rings is 1. The lowest BCUT2D eigenvalue weighted by Crippen LogP contribution is -2.53. The highest BCUT2D eigenvalue weighted by molar-refractivity contribution is 5.99. The average Bonchev–Trinajstić information content (AvgIpc) is 2.67. The molecule has 2 aliphatic rings. The summed E-state index contributed by atoms with van der Waals surface area (Å²) in [5, 5.41) is 6.73. The summed E-state index contributed by atoms with van der Waals surface area (Å²) in [7, 11) is 0. The van der Waals surface area contributed by atoms with Gasteiger partial charge in [0.05, 0.1) is 13.2 Å². The molecule has 0 amide bonds. The van der Waals surface area contributed by atoms with Crippen LogP contribution in [0.2, 0.25) is 0 Å². The van der Waals surface area contributed by atoms with Crippen LogP contribution in [0.4, 0.5) is 0 Å². The zero-order valence-electron chi connectivity index (χ0n) is 16.1. The molecule has 0 aromatic carbocycles. The van der Waals surface area contributed by atoms with Crippen molar-refractivity contribution >= 4 is 11.9 Å². The first-order valence-corrected chi connectivity index (χ1v) is 10.3. The number of hydrogen-bond donors (Lipinski definition) is 2. The highest BCUT2D eigenvalue weighted by Crippen LogP contribution is 2.10. The largest absolute Gasteiger partial charge is 0.378 e. The second kappa shape index (κ2) is 13.0. The van der Waals surface area contributed by atoms with Crippen LogP contribution in [-0.2, 0) is 4.74 Å². The average molecular weight is 352 g/mol. The Hall–Kier alpha value is -1.30. The first kappa shape index (κ1) is 20.0. The van der Waals surface area contributed by atoms with Crippen molar-refractivity contribution < 1.29 is 4.74 Å². The molecule has 1 saturated heterocycles. The van der Waals surface area contributed by atoms with Crippen molar-refractivity contribution in [2.24, 2.45) is 9.98 Å². The van der Waals surface area contributed by atoms with E-state index in [1.807, 2.05) is 0 Å². The van der Waals surface area contributed by atoms with Gasteiger partial charge in [0.25, 0.3) is 0 Å². The van der Waals surface area contributed by atoms with Crippen LogP contribution in [0.25, 0.3) is 0 Å². The van der Waals surface area contributed by atoms with Crippen LogP contribution in [0.3, 0.4) is 0 Å². The maximum atomic E-state index is 5.39. The molecular formula is C19H37N5O. The minimum absolute atomic E-state index is 0.514. The van der Waals surface area contributed by atoms with Crippen molar-refractivity contribution in [2.45, 2.75) is 71.1 Å². The molecule has 144 valence electrons. The third-order valence-corrected chi connectivity index (χ3v) is 4.81. The number of nitrogens with one attached hydrogen (secondary N) is 2. The zero-order valence-corrected chi connectivity index (χ0v) is 16.1. The molecule has 2 aliphatic heterocycles. The Kier molecular flexibility index (Phi) is 10.4. The van der Waals surface area contributed by atoms with Gasteiger partial charge in [-0.05, 0) is 6.42 Å². The number of ether oxygens (including phenoxy) is 1. The molecule has 1 fully saturated rings. The predicted octanol–water partition coefficient (Wildman–Crippen LogP) is 3.10. The lowest BCUT2D eigenvalue weighted by atomic mass is 10.1. The Morgan fingerprint density at radius 2 is 1.56 bits per heavy atom. The van der Waals surface area contributed by atoms with Gasteiger partial charge in [-0.15, -0.1) is 0 Å². The third-order valence-electron chi connectivity index (χ3n) is 4.81. The SMILES string of the molecule is CCCCCCCCCCCCNC1=NCN=C(N2CCOCC2)N1. The van der Waals surface area contributed by atoms with Gasteiger partial charge in [0.15, 0.2) is 5.96 Å². The van der Waals surface area contributed by atoms with E-state index < -0.39 is 0 Å². The highest BCUT2D eigenvalue weighted by atomic mass is 16.5. The maximum absolute atomic E-state index is 5.39. The Morgan fingerprint density at radius 1 is 0.920 bits per heavy atom. The van der Waals surface area contributed by atoms with Crippen LogP contribution < -0.4 is 10.6 Å². The fourth-order valence-corrected chi connectivity index (χ4v) is 3.23. The molecule has 2 rings (SSSR count). The Morgan fingerprint density at radius 3 is 2.24 bits per heavy atom. The number of guanidine groups is 2. The van der Waals surface area contributed by atoms with Crippen molar-refractivity contribution in [3.05, 3.63) is 0 Å². The lowest BCUT2D eigenvalue weighted by Gasteiger charge is -2.31. The van der Waals surface area contributed by atoms with Gasteiger partial charge in [-0.1, -0.05) is 64.7 Å². The summed E-state index contributed by atoms with van der Waals surface area (Å²) in [6.45, 7) is 7.13. The standard InChI is InChI=1S/C19H37N5O/c1-2-3-4-5-6-7-8-9-10-11-12-20-18-21-17-22-19(23-18)24-13-15-25-16-14-24/h2-17H2,1H3,(H2,20,21,22,23). The van der Waals surface area contributed by atoms with E-state index in [0.717, 1.165) is 44.8 Å². The first-order valence-electron chi connectivity index (χ1n) is 10.3. The van der Waals surface area contributed by atoms with Gasteiger partial charge in [-0.3, -0.25) is 5.32 Å². The van der Waals surface area contributed by atoms with E-state index in [1.54, 1.807) is 0 Å². The zero-order chi connectivity index (χ0) is 17.6. The summed E-state index contributed by atoms with van der Waals surface area (Å²) in [4.78, 5) is 11.1. The first-order chi connectivity index (χ1) is 12.4. The molecular weight excluding hydrogens is 314 g/mol. The summed E-state index contributed by atoms with van der Waals surface area (Å²) < 4.78 is 5.39. The summed E-state index contributed by atoms with van der Waals surface area (Å²) in [5.74, 6) is 1.80. The Balaban J connectivity index is 1.44. The van der Waals surface area contributed by atoms with Gasteiger partial charge in [0.1, 0.15) is 6.67 Å². The van der Waals surface area contributed by atoms with Gasteiger partial charge >= 0.3 is 0 Å². The second-order valence-corrected chi connectivity index (χ2v) is 6.96. The van der Waals surface area contributed by atoms with Crippen molar-refractivity contribution in [3.63, 3.8) is 0 Å². The molecule has 0 aliphatic carbocycles. The fourth-order valence-electron chi connectivity index (χ4n) is 3.23. The second-order valence-electron chi connectivity index (χ2n) is 6.96. The third kappa shape index (κ3) is 8.56. The van der Waals surface area contributed by atoms with Crippen molar-refractivity contribution in [2.75, 3.05) is 39.5 Å². The van der Waals surface area contributed by atoms with E-state index in [0.29, 0.717) is 6.67 Å². The van der Waals surface area contributed by atoms with Crippen LogP contribution in [0, 0.1) is 0 Å². The molecule has 2 N–H and O–H groups in total. The molecule has 25 heavy (non-hydrogen) atoms. The van der Waals surface area contributed by atoms with Gasteiger partial charge in [-0.25, -0.2) is 9.98 Å². The molecule has 0 atom stereocenters. The number of aliphatic imine (C=N–C) groups is 2. The van der Waals surface area contributed by atoms with E-state index in [1.165, 1.54) is 64.2 Å². The molecule has 2 heterocycles. The van der Waals surface area contributed by atoms with Crippen LogP contribution in [-0.4, -0.2) is 56.3 Å². The normalized spacial score (nSPS) is 17.7. The predicted molar refractivity (Wildman–Crippen MR) is 105 cm³/mol. The topological polar surface area (TPSA) is 61.2 Å². The van der Waals surface area contributed by atoms with Crippen LogP contribution in [0.5, 0.6) is 0 Å². The molecule has 0 unspecified atom stereocenters. The van der Waals surface area contributed by atoms with Gasteiger partial charge < -0.3 is 15.0 Å². The van der Waals surface area contributed by atoms with Crippen molar-refractivity contribution in [1.29, 1.82) is 0 Å². The number of unbranched alkanes of at least 4 members (excludes halogenated alkanes) is 9. The highest BCUT2D eigenvalue weighted by Gasteiger charge is 2.18. The van der Waals surface area contributed by atoms with E-state index in [2.05, 4.69) is 32.4 Å². The van der Waals surface area contributed by atoms with Crippen molar-refractivity contribution in [3.8, 4) is 0 Å². The summed E-state index contributed by atoms with van der Waals surface area (Å²) in [6, 6.07) is 0. The number of hydrogen-bond acceptors (Lipinski definition) is 6. The minimum atomic E-state index is 0.514. The van der Waals surface area contributed by atoms with Crippen LogP contribution in [0.1, 0.15) is 71.1 Å². The summed E-state index contributed by atoms with van der Waals surface area (Å²) in [6.07, 6.45) is 13.7. The van der Waals surface area contributed by atoms with Crippen LogP contribution in [0.15, 0.2) is 9.98 Å². The Bertz CT molecular complexity index is 405. The molecule has 0 aromatic rings. The molecule has 6 heteroatoms. The Labute approximate surface area is 153 Å². The quantitative estimate of drug-likeness (QED) is 0.562. The monoisotopic (exact) mass is 351 g/mol. The van der Waals surface area contributed by atoms with Crippen LogP contribution >= 0.6 is 0 Å². The van der Waals surface area contributed by atoms with E-state index >= 15 is 0 Å². The molecule has 6 nitrogen and oxygen atoms in total. The maximum Gasteiger partial charge on any atom is 0.202 e. The van der Waals surface area contributed by atoms with Gasteiger partial charge in [0.2, 0.25) is 5.96 Å². The minimum Gasteiger partial charge on any atom is -0.378 e. The molecule has 0 saturated carbocycles. The molecule has 0 spiro atoms. The van der Waals surface area contributed by atoms with Crippen molar-refractivity contribution in [1.82, 2.24) is 15.5 Å². The number of rotatable bonds is 11. The number of nitrogens with zero attached hydrogens (tertiary/aromatic N) is 3. The van der Waals surface area contributed by atoms with Gasteiger partial charge in [-0.2, -0.15) is 0 Å². The van der Waals surface area contributed by atoms with E-state index in [9.17, 15) is 0 Å². The molecule has 0 aromatic heterocycles. The summed E-state index contributed by atoms with van der Waals surface area (Å²) in [5.41, 5.74) is 0.